The van der Waals surface area contributed by atoms with Gasteiger partial charge in [0.1, 0.15) is 5.75 Å². The Morgan fingerprint density at radius 2 is 2.05 bits per heavy atom. The number of thiophene rings is 1. The molecule has 2 aromatic heterocycles. The Morgan fingerprint density at radius 1 is 1.27 bits per heavy atom. The van der Waals surface area contributed by atoms with Crippen LogP contribution in [0.2, 0.25) is 5.02 Å². The fourth-order valence-electron chi connectivity index (χ4n) is 2.15. The largest absolute Gasteiger partial charge is 0.493 e. The van der Waals surface area contributed by atoms with E-state index in [1.54, 1.807) is 24.5 Å². The van der Waals surface area contributed by atoms with Crippen LogP contribution in [0, 0.1) is 0 Å². The van der Waals surface area contributed by atoms with Crippen LogP contribution in [0.3, 0.4) is 0 Å². The number of nitrogens with two attached hydrogens (primary N) is 1. The zero-order chi connectivity index (χ0) is 15.5. The summed E-state index contributed by atoms with van der Waals surface area (Å²) >= 11 is 7.19. The quantitative estimate of drug-likeness (QED) is 0.775. The van der Waals surface area contributed by atoms with Crippen LogP contribution in [0.5, 0.6) is 5.75 Å². The summed E-state index contributed by atoms with van der Waals surface area (Å²) in [5.74, 6) is 0.359. The number of aromatic nitrogens is 1. The highest BCUT2D eigenvalue weighted by atomic mass is 35.5. The number of primary amides is 1. The molecule has 0 saturated carbocycles. The van der Waals surface area contributed by atoms with Gasteiger partial charge in [0, 0.05) is 23.8 Å². The highest BCUT2D eigenvalue weighted by Gasteiger charge is 2.10. The summed E-state index contributed by atoms with van der Waals surface area (Å²) in [6, 6.07) is 9.06. The molecule has 22 heavy (non-hydrogen) atoms. The van der Waals surface area contributed by atoms with E-state index in [1.807, 2.05) is 18.2 Å². The number of rotatable bonds is 5. The topological polar surface area (TPSA) is 65.2 Å². The Bertz CT molecular complexity index is 815. The number of hydrogen-bond donors (Lipinski definition) is 1. The number of nitrogens with zero attached hydrogens (tertiary/aromatic N) is 1. The number of carbonyl (C=O) groups excluding carboxylic acids is 1. The molecule has 0 spiro atoms. The van der Waals surface area contributed by atoms with Crippen molar-refractivity contribution in [1.29, 1.82) is 0 Å². The number of halogens is 1. The van der Waals surface area contributed by atoms with Gasteiger partial charge in [0.15, 0.2) is 0 Å². The number of fused-ring (bicyclic) bond motifs is 1. The van der Waals surface area contributed by atoms with E-state index in [0.717, 1.165) is 21.4 Å². The third kappa shape index (κ3) is 3.21. The molecular formula is C16H13ClN2O2S. The van der Waals surface area contributed by atoms with Crippen molar-refractivity contribution < 1.29 is 9.53 Å². The number of benzene rings is 1. The molecule has 6 heteroatoms. The fourth-order valence-corrected chi connectivity index (χ4v) is 3.20. The maximum Gasteiger partial charge on any atom is 0.258 e. The fraction of sp³-hybridized carbons (Fsp3) is 0.125. The van der Waals surface area contributed by atoms with E-state index in [1.165, 1.54) is 11.3 Å². The Labute approximate surface area is 136 Å². The van der Waals surface area contributed by atoms with Crippen LogP contribution in [0.4, 0.5) is 0 Å². The molecule has 0 atom stereocenters. The Balaban J connectivity index is 1.73. The predicted octanol–water partition coefficient (Wildman–Crippen LogP) is 3.67. The number of ether oxygens (including phenoxy) is 1. The lowest BCUT2D eigenvalue weighted by molar-refractivity contribution is 0.100. The van der Waals surface area contributed by atoms with Crippen molar-refractivity contribution in [2.24, 2.45) is 5.73 Å². The molecule has 0 fully saturated rings. The van der Waals surface area contributed by atoms with Crippen molar-refractivity contribution in [1.82, 2.24) is 4.98 Å². The number of hydrogen-bond acceptors (Lipinski definition) is 4. The number of pyridine rings is 1. The van der Waals surface area contributed by atoms with Crippen molar-refractivity contribution in [3.05, 3.63) is 58.2 Å². The SMILES string of the molecule is NC(=O)c1cc2c(CCOc3ccc(Cl)cc3)cncc2s1. The summed E-state index contributed by atoms with van der Waals surface area (Å²) in [5, 5.41) is 1.69. The molecular weight excluding hydrogens is 320 g/mol. The Morgan fingerprint density at radius 3 is 2.77 bits per heavy atom. The predicted molar refractivity (Wildman–Crippen MR) is 88.8 cm³/mol. The normalized spacial score (nSPS) is 10.8. The van der Waals surface area contributed by atoms with Crippen molar-refractivity contribution >= 4 is 38.9 Å². The van der Waals surface area contributed by atoms with E-state index in [0.29, 0.717) is 22.9 Å². The minimum Gasteiger partial charge on any atom is -0.493 e. The summed E-state index contributed by atoms with van der Waals surface area (Å²) in [7, 11) is 0. The van der Waals surface area contributed by atoms with Crippen LogP contribution in [-0.2, 0) is 6.42 Å². The summed E-state index contributed by atoms with van der Waals surface area (Å²) < 4.78 is 6.65. The van der Waals surface area contributed by atoms with Crippen molar-refractivity contribution in [2.45, 2.75) is 6.42 Å². The van der Waals surface area contributed by atoms with Gasteiger partial charge in [-0.15, -0.1) is 11.3 Å². The van der Waals surface area contributed by atoms with E-state index in [4.69, 9.17) is 22.1 Å². The smallest absolute Gasteiger partial charge is 0.258 e. The molecule has 3 aromatic rings. The lowest BCUT2D eigenvalue weighted by atomic mass is 10.1. The van der Waals surface area contributed by atoms with Gasteiger partial charge < -0.3 is 10.5 Å². The molecule has 0 saturated heterocycles. The van der Waals surface area contributed by atoms with Gasteiger partial charge in [-0.2, -0.15) is 0 Å². The highest BCUT2D eigenvalue weighted by molar-refractivity contribution is 7.20. The molecule has 0 aliphatic heterocycles. The second-order valence-electron chi connectivity index (χ2n) is 4.74. The second-order valence-corrected chi connectivity index (χ2v) is 6.26. The first-order chi connectivity index (χ1) is 10.6. The molecule has 1 aromatic carbocycles. The molecule has 2 heterocycles. The van der Waals surface area contributed by atoms with E-state index in [-0.39, 0.29) is 0 Å². The van der Waals surface area contributed by atoms with Gasteiger partial charge in [0.2, 0.25) is 0 Å². The minimum atomic E-state index is -0.412. The van der Waals surface area contributed by atoms with Gasteiger partial charge in [-0.05, 0) is 41.3 Å². The van der Waals surface area contributed by atoms with Crippen molar-refractivity contribution in [3.63, 3.8) is 0 Å². The first-order valence-corrected chi connectivity index (χ1v) is 7.87. The van der Waals surface area contributed by atoms with Crippen LogP contribution in [0.1, 0.15) is 15.2 Å². The zero-order valence-corrected chi connectivity index (χ0v) is 13.2. The zero-order valence-electron chi connectivity index (χ0n) is 11.6. The lowest BCUT2D eigenvalue weighted by Gasteiger charge is -2.06. The number of carbonyl (C=O) groups is 1. The molecule has 3 rings (SSSR count). The highest BCUT2D eigenvalue weighted by Crippen LogP contribution is 2.27. The van der Waals surface area contributed by atoms with Gasteiger partial charge in [-0.1, -0.05) is 11.6 Å². The first kappa shape index (κ1) is 14.8. The first-order valence-electron chi connectivity index (χ1n) is 6.68. The molecule has 2 N–H and O–H groups in total. The third-order valence-electron chi connectivity index (χ3n) is 3.23. The third-order valence-corrected chi connectivity index (χ3v) is 4.56. The lowest BCUT2D eigenvalue weighted by Crippen LogP contribution is -2.08. The minimum absolute atomic E-state index is 0.412. The van der Waals surface area contributed by atoms with Crippen LogP contribution < -0.4 is 10.5 Å². The van der Waals surface area contributed by atoms with Crippen molar-refractivity contribution in [3.8, 4) is 5.75 Å². The molecule has 0 bridgehead atoms. The Hall–Kier alpha value is -2.11. The van der Waals surface area contributed by atoms with E-state index < -0.39 is 5.91 Å². The monoisotopic (exact) mass is 332 g/mol. The summed E-state index contributed by atoms with van der Waals surface area (Å²) in [6.45, 7) is 0.518. The van der Waals surface area contributed by atoms with Crippen LogP contribution in [0.15, 0.2) is 42.7 Å². The average Bonchev–Trinajstić information content (AvgIpc) is 2.94. The maximum atomic E-state index is 11.3. The molecule has 0 unspecified atom stereocenters. The van der Waals surface area contributed by atoms with Crippen LogP contribution in [-0.4, -0.2) is 17.5 Å². The standard InChI is InChI=1S/C16H13ClN2O2S/c17-11-1-3-12(4-2-11)21-6-5-10-8-19-9-15-13(10)7-14(22-15)16(18)20/h1-4,7-9H,5-6H2,(H2,18,20). The molecule has 112 valence electrons. The van der Waals surface area contributed by atoms with E-state index in [2.05, 4.69) is 4.98 Å². The van der Waals surface area contributed by atoms with E-state index in [9.17, 15) is 4.79 Å². The molecule has 1 amide bonds. The van der Waals surface area contributed by atoms with Gasteiger partial charge in [-0.3, -0.25) is 9.78 Å². The second kappa shape index (κ2) is 6.34. The van der Waals surface area contributed by atoms with Gasteiger partial charge >= 0.3 is 0 Å². The molecule has 0 aliphatic rings. The van der Waals surface area contributed by atoms with Crippen molar-refractivity contribution in [2.75, 3.05) is 6.61 Å². The van der Waals surface area contributed by atoms with E-state index >= 15 is 0 Å². The maximum absolute atomic E-state index is 11.3. The Kier molecular flexibility index (Phi) is 4.27. The summed E-state index contributed by atoms with van der Waals surface area (Å²) in [5.41, 5.74) is 6.37. The molecule has 4 nitrogen and oxygen atoms in total. The average molecular weight is 333 g/mol. The number of amides is 1. The molecule has 0 aliphatic carbocycles. The van der Waals surface area contributed by atoms with Crippen LogP contribution >= 0.6 is 22.9 Å². The van der Waals surface area contributed by atoms with Gasteiger partial charge in [0.25, 0.3) is 5.91 Å². The molecule has 0 radical (unpaired) electrons. The summed E-state index contributed by atoms with van der Waals surface area (Å²) in [4.78, 5) is 16.0. The summed E-state index contributed by atoms with van der Waals surface area (Å²) in [6.07, 6.45) is 4.24. The van der Waals surface area contributed by atoms with Crippen LogP contribution in [0.25, 0.3) is 10.1 Å². The van der Waals surface area contributed by atoms with Gasteiger partial charge in [-0.25, -0.2) is 0 Å². The van der Waals surface area contributed by atoms with Gasteiger partial charge in [0.05, 0.1) is 16.2 Å².